The molecule has 2 heterocycles. The molecule has 6 heteroatoms. The molecule has 114 valence electrons. The van der Waals surface area contributed by atoms with Crippen molar-refractivity contribution < 1.29 is 0 Å². The third-order valence-corrected chi connectivity index (χ3v) is 5.04. The van der Waals surface area contributed by atoms with Crippen LogP contribution < -0.4 is 5.32 Å². The number of aryl methyl sites for hydroxylation is 1. The maximum absolute atomic E-state index is 4.68. The summed E-state index contributed by atoms with van der Waals surface area (Å²) in [7, 11) is 2.06. The molecule has 0 aliphatic heterocycles. The summed E-state index contributed by atoms with van der Waals surface area (Å²) in [6, 6.07) is 6.82. The molecule has 4 rings (SSSR count). The maximum atomic E-state index is 4.68. The van der Waals surface area contributed by atoms with Crippen LogP contribution in [0.1, 0.15) is 18.9 Å². The van der Waals surface area contributed by atoms with Crippen LogP contribution in [0.5, 0.6) is 0 Å². The highest BCUT2D eigenvalue weighted by molar-refractivity contribution is 9.10. The van der Waals surface area contributed by atoms with Crippen LogP contribution in [0.4, 0.5) is 5.95 Å². The van der Waals surface area contributed by atoms with Gasteiger partial charge in [0.1, 0.15) is 0 Å². The highest BCUT2D eigenvalue weighted by Crippen LogP contribution is 2.37. The van der Waals surface area contributed by atoms with Crippen LogP contribution in [-0.2, 0) is 7.05 Å². The van der Waals surface area contributed by atoms with Gasteiger partial charge in [0.05, 0.1) is 17.4 Å². The predicted octanol–water partition coefficient (Wildman–Crippen LogP) is 3.60. The van der Waals surface area contributed by atoms with Gasteiger partial charge in [-0.2, -0.15) is 0 Å². The molecule has 0 bridgehead atoms. The first-order valence-corrected chi connectivity index (χ1v) is 8.33. The van der Waals surface area contributed by atoms with Gasteiger partial charge in [0.15, 0.2) is 0 Å². The zero-order valence-electron chi connectivity index (χ0n) is 12.4. The van der Waals surface area contributed by atoms with E-state index in [4.69, 9.17) is 0 Å². The fourth-order valence-corrected chi connectivity index (χ4v) is 3.51. The number of hydrogen-bond acceptors (Lipinski definition) is 3. The summed E-state index contributed by atoms with van der Waals surface area (Å²) in [5.41, 5.74) is 2.17. The van der Waals surface area contributed by atoms with Crippen molar-refractivity contribution in [2.45, 2.75) is 18.9 Å². The monoisotopic (exact) mass is 359 g/mol. The third-order valence-electron chi connectivity index (χ3n) is 4.55. The summed E-state index contributed by atoms with van der Waals surface area (Å²) in [6.07, 6.45) is 8.23. The summed E-state index contributed by atoms with van der Waals surface area (Å²) in [6.45, 7) is 0.976. The lowest BCUT2D eigenvalue weighted by atomic mass is 9.80. The first-order chi connectivity index (χ1) is 10.7. The Labute approximate surface area is 137 Å². The molecule has 3 aromatic rings. The van der Waals surface area contributed by atoms with Crippen molar-refractivity contribution in [3.63, 3.8) is 0 Å². The molecule has 0 radical (unpaired) electrons. The number of rotatable bonds is 4. The van der Waals surface area contributed by atoms with Gasteiger partial charge in [-0.3, -0.25) is 0 Å². The number of fused-ring (bicyclic) bond motifs is 1. The number of aromatic nitrogens is 4. The van der Waals surface area contributed by atoms with E-state index in [0.29, 0.717) is 12.0 Å². The van der Waals surface area contributed by atoms with Gasteiger partial charge in [-0.25, -0.2) is 9.97 Å². The normalized spacial score (nSPS) is 21.0. The first-order valence-electron chi connectivity index (χ1n) is 7.54. The van der Waals surface area contributed by atoms with E-state index in [1.807, 2.05) is 12.5 Å². The molecule has 1 aliphatic rings. The lowest BCUT2D eigenvalue weighted by Gasteiger charge is -2.36. The fraction of sp³-hybridized carbons (Fsp3) is 0.375. The molecule has 22 heavy (non-hydrogen) atoms. The first kappa shape index (κ1) is 13.8. The van der Waals surface area contributed by atoms with Gasteiger partial charge in [0.25, 0.3) is 0 Å². The summed E-state index contributed by atoms with van der Waals surface area (Å²) < 4.78 is 5.39. The molecular weight excluding hydrogens is 342 g/mol. The third kappa shape index (κ3) is 2.41. The number of imidazole rings is 2. The molecule has 0 saturated heterocycles. The van der Waals surface area contributed by atoms with Gasteiger partial charge >= 0.3 is 0 Å². The number of benzene rings is 1. The minimum absolute atomic E-state index is 0.616. The Morgan fingerprint density at radius 2 is 2.23 bits per heavy atom. The van der Waals surface area contributed by atoms with E-state index in [-0.39, 0.29) is 0 Å². The number of halogens is 1. The standard InChI is InChI=1S/C16H18BrN5/c1-21-15-3-2-12(17)8-14(15)20-16(21)19-9-11-6-13(7-11)22-5-4-18-10-22/h2-5,8,10-11,13H,6-7,9H2,1H3,(H,19,20). The van der Waals surface area contributed by atoms with Crippen LogP contribution in [0.2, 0.25) is 0 Å². The second-order valence-electron chi connectivity index (χ2n) is 6.01. The van der Waals surface area contributed by atoms with Crippen molar-refractivity contribution >= 4 is 32.9 Å². The molecule has 1 aliphatic carbocycles. The van der Waals surface area contributed by atoms with Gasteiger partial charge in [-0.1, -0.05) is 15.9 Å². The van der Waals surface area contributed by atoms with E-state index < -0.39 is 0 Å². The average Bonchev–Trinajstić information content (AvgIpc) is 3.06. The SMILES string of the molecule is Cn1c(NCC2CC(n3ccnc3)C2)nc2cc(Br)ccc21. The smallest absolute Gasteiger partial charge is 0.203 e. The van der Waals surface area contributed by atoms with E-state index >= 15 is 0 Å². The average molecular weight is 360 g/mol. The van der Waals surface area contributed by atoms with Gasteiger partial charge in [-0.15, -0.1) is 0 Å². The minimum atomic E-state index is 0.616. The van der Waals surface area contributed by atoms with E-state index in [9.17, 15) is 0 Å². The Hall–Kier alpha value is -1.82. The molecule has 0 spiro atoms. The Bertz CT molecular complexity index is 786. The Kier molecular flexibility index (Phi) is 3.41. The van der Waals surface area contributed by atoms with Gasteiger partial charge in [0, 0.05) is 36.5 Å². The molecule has 1 aromatic carbocycles. The molecular formula is C16H18BrN5. The van der Waals surface area contributed by atoms with E-state index in [1.54, 1.807) is 0 Å². The number of anilines is 1. The minimum Gasteiger partial charge on any atom is -0.355 e. The highest BCUT2D eigenvalue weighted by atomic mass is 79.9. The van der Waals surface area contributed by atoms with Gasteiger partial charge in [-0.05, 0) is 37.0 Å². The second-order valence-corrected chi connectivity index (χ2v) is 6.93. The summed E-state index contributed by atoms with van der Waals surface area (Å²) in [4.78, 5) is 8.80. The van der Waals surface area contributed by atoms with Gasteiger partial charge in [0.2, 0.25) is 5.95 Å². The quantitative estimate of drug-likeness (QED) is 0.774. The van der Waals surface area contributed by atoms with Crippen molar-refractivity contribution in [2.24, 2.45) is 13.0 Å². The zero-order chi connectivity index (χ0) is 15.1. The second kappa shape index (κ2) is 5.43. The lowest BCUT2D eigenvalue weighted by Crippen LogP contribution is -2.31. The van der Waals surface area contributed by atoms with Crippen LogP contribution in [-0.4, -0.2) is 25.6 Å². The van der Waals surface area contributed by atoms with Crippen LogP contribution in [0.15, 0.2) is 41.4 Å². The number of hydrogen-bond donors (Lipinski definition) is 1. The number of nitrogens with one attached hydrogen (secondary N) is 1. The molecule has 0 unspecified atom stereocenters. The summed E-state index contributed by atoms with van der Waals surface area (Å²) >= 11 is 3.50. The van der Waals surface area contributed by atoms with E-state index in [2.05, 4.69) is 71.8 Å². The Morgan fingerprint density at radius 1 is 1.36 bits per heavy atom. The molecule has 0 atom stereocenters. The lowest BCUT2D eigenvalue weighted by molar-refractivity contribution is 0.208. The Morgan fingerprint density at radius 3 is 3.00 bits per heavy atom. The highest BCUT2D eigenvalue weighted by Gasteiger charge is 2.30. The molecule has 2 aromatic heterocycles. The number of nitrogens with zero attached hydrogens (tertiary/aromatic N) is 4. The van der Waals surface area contributed by atoms with Crippen molar-refractivity contribution in [3.05, 3.63) is 41.4 Å². The van der Waals surface area contributed by atoms with Crippen molar-refractivity contribution in [3.8, 4) is 0 Å². The van der Waals surface area contributed by atoms with Gasteiger partial charge < -0.3 is 14.5 Å². The maximum Gasteiger partial charge on any atom is 0.203 e. The van der Waals surface area contributed by atoms with Crippen molar-refractivity contribution in [1.29, 1.82) is 0 Å². The molecule has 1 saturated carbocycles. The van der Waals surface area contributed by atoms with E-state index in [1.165, 1.54) is 12.8 Å². The van der Waals surface area contributed by atoms with Crippen LogP contribution >= 0.6 is 15.9 Å². The van der Waals surface area contributed by atoms with Crippen molar-refractivity contribution in [1.82, 2.24) is 19.1 Å². The fourth-order valence-electron chi connectivity index (χ4n) is 3.16. The van der Waals surface area contributed by atoms with E-state index in [0.717, 1.165) is 28.0 Å². The van der Waals surface area contributed by atoms with Crippen LogP contribution in [0.3, 0.4) is 0 Å². The molecule has 1 N–H and O–H groups in total. The summed E-state index contributed by atoms with van der Waals surface area (Å²) in [5.74, 6) is 1.65. The Balaban J connectivity index is 1.39. The summed E-state index contributed by atoms with van der Waals surface area (Å²) in [5, 5.41) is 3.50. The van der Waals surface area contributed by atoms with Crippen LogP contribution in [0.25, 0.3) is 11.0 Å². The topological polar surface area (TPSA) is 47.7 Å². The predicted molar refractivity (Wildman–Crippen MR) is 90.9 cm³/mol. The largest absolute Gasteiger partial charge is 0.355 e. The van der Waals surface area contributed by atoms with Crippen molar-refractivity contribution in [2.75, 3.05) is 11.9 Å². The molecule has 1 fully saturated rings. The zero-order valence-corrected chi connectivity index (χ0v) is 14.0. The molecule has 0 amide bonds. The van der Waals surface area contributed by atoms with Crippen LogP contribution in [0, 0.1) is 5.92 Å². The molecule has 5 nitrogen and oxygen atoms in total.